The fraction of sp³-hybridized carbons (Fsp3) is 0.500. The van der Waals surface area contributed by atoms with Crippen LogP contribution in [0.15, 0.2) is 12.1 Å². The van der Waals surface area contributed by atoms with Crippen LogP contribution in [-0.2, 0) is 0 Å². The number of nitrogens with two attached hydrogens (primary N) is 1. The van der Waals surface area contributed by atoms with E-state index in [9.17, 15) is 15.2 Å². The topological polar surface area (TPSA) is 89.4 Å². The molecule has 0 heterocycles. The van der Waals surface area contributed by atoms with Gasteiger partial charge in [0.05, 0.1) is 10.5 Å². The maximum Gasteiger partial charge on any atom is 0.277 e. The van der Waals surface area contributed by atoms with Gasteiger partial charge in [0.1, 0.15) is 5.75 Å². The second-order valence-corrected chi connectivity index (χ2v) is 4.66. The standard InChI is InChI=1S/C12H18N2O3/c1-7(2)6-9(13)11-10(14(16)17)5-4-8(3)12(11)15/h4-5,7,9,15H,6,13H2,1-3H3/t9-/m0/s1. The zero-order valence-corrected chi connectivity index (χ0v) is 10.3. The van der Waals surface area contributed by atoms with Gasteiger partial charge in [0, 0.05) is 12.1 Å². The summed E-state index contributed by atoms with van der Waals surface area (Å²) in [5.41, 5.74) is 6.67. The molecule has 0 aliphatic carbocycles. The molecular formula is C12H18N2O3. The Morgan fingerprint density at radius 3 is 2.53 bits per heavy atom. The molecule has 0 amide bonds. The lowest BCUT2D eigenvalue weighted by Gasteiger charge is -2.16. The Kier molecular flexibility index (Phi) is 4.07. The van der Waals surface area contributed by atoms with E-state index < -0.39 is 11.0 Å². The summed E-state index contributed by atoms with van der Waals surface area (Å²) in [6.07, 6.45) is 0.595. The maximum atomic E-state index is 10.9. The van der Waals surface area contributed by atoms with E-state index in [1.807, 2.05) is 13.8 Å². The number of nitrogens with zero attached hydrogens (tertiary/aromatic N) is 1. The summed E-state index contributed by atoms with van der Waals surface area (Å²) in [7, 11) is 0. The van der Waals surface area contributed by atoms with E-state index in [0.717, 1.165) is 0 Å². The first-order valence-electron chi connectivity index (χ1n) is 5.57. The van der Waals surface area contributed by atoms with E-state index in [1.165, 1.54) is 12.1 Å². The number of rotatable bonds is 4. The first-order valence-corrected chi connectivity index (χ1v) is 5.57. The number of phenolic OH excluding ortho intramolecular Hbond substituents is 1. The summed E-state index contributed by atoms with van der Waals surface area (Å²) >= 11 is 0. The summed E-state index contributed by atoms with van der Waals surface area (Å²) in [4.78, 5) is 10.4. The van der Waals surface area contributed by atoms with Gasteiger partial charge in [0.25, 0.3) is 5.69 Å². The average molecular weight is 238 g/mol. The van der Waals surface area contributed by atoms with Gasteiger partial charge in [-0.3, -0.25) is 10.1 Å². The lowest BCUT2D eigenvalue weighted by Crippen LogP contribution is -2.15. The van der Waals surface area contributed by atoms with Crippen LogP contribution in [0.3, 0.4) is 0 Å². The summed E-state index contributed by atoms with van der Waals surface area (Å²) in [5.74, 6) is 0.247. The highest BCUT2D eigenvalue weighted by atomic mass is 16.6. The third-order valence-electron chi connectivity index (χ3n) is 2.69. The highest BCUT2D eigenvalue weighted by Gasteiger charge is 2.24. The SMILES string of the molecule is Cc1ccc([N+](=O)[O-])c([C@@H](N)CC(C)C)c1O. The molecule has 0 bridgehead atoms. The van der Waals surface area contributed by atoms with E-state index in [2.05, 4.69) is 0 Å². The largest absolute Gasteiger partial charge is 0.507 e. The number of hydrogen-bond acceptors (Lipinski definition) is 4. The normalized spacial score (nSPS) is 12.8. The Bertz CT molecular complexity index is 430. The van der Waals surface area contributed by atoms with Gasteiger partial charge in [-0.2, -0.15) is 0 Å². The molecule has 1 aromatic rings. The van der Waals surface area contributed by atoms with Crippen molar-refractivity contribution in [1.29, 1.82) is 0 Å². The number of phenols is 1. The molecule has 17 heavy (non-hydrogen) atoms. The third kappa shape index (κ3) is 2.94. The van der Waals surface area contributed by atoms with E-state index in [-0.39, 0.29) is 17.0 Å². The van der Waals surface area contributed by atoms with E-state index in [0.29, 0.717) is 17.9 Å². The molecule has 0 spiro atoms. The minimum absolute atomic E-state index is 0.0626. The second-order valence-electron chi connectivity index (χ2n) is 4.66. The van der Waals surface area contributed by atoms with Crippen molar-refractivity contribution in [3.8, 4) is 5.75 Å². The van der Waals surface area contributed by atoms with Crippen LogP contribution in [0.1, 0.15) is 37.4 Å². The van der Waals surface area contributed by atoms with Gasteiger partial charge < -0.3 is 10.8 Å². The lowest BCUT2D eigenvalue weighted by molar-refractivity contribution is -0.385. The number of aromatic hydroxyl groups is 1. The Hall–Kier alpha value is -1.62. The minimum atomic E-state index is -0.518. The zero-order valence-electron chi connectivity index (χ0n) is 10.3. The van der Waals surface area contributed by atoms with E-state index in [1.54, 1.807) is 6.92 Å². The maximum absolute atomic E-state index is 10.9. The summed E-state index contributed by atoms with van der Waals surface area (Å²) in [6.45, 7) is 5.67. The van der Waals surface area contributed by atoms with Crippen molar-refractivity contribution in [2.75, 3.05) is 0 Å². The highest BCUT2D eigenvalue weighted by Crippen LogP contribution is 2.36. The van der Waals surface area contributed by atoms with Crippen LogP contribution in [0.4, 0.5) is 5.69 Å². The number of benzene rings is 1. The van der Waals surface area contributed by atoms with Crippen molar-refractivity contribution in [1.82, 2.24) is 0 Å². The molecule has 0 aliphatic heterocycles. The second kappa shape index (κ2) is 5.14. The van der Waals surface area contributed by atoms with Crippen molar-refractivity contribution in [2.45, 2.75) is 33.2 Å². The van der Waals surface area contributed by atoms with Crippen LogP contribution in [0.5, 0.6) is 5.75 Å². The summed E-state index contributed by atoms with van der Waals surface area (Å²) in [6, 6.07) is 2.40. The first kappa shape index (κ1) is 13.4. The molecular weight excluding hydrogens is 220 g/mol. The van der Waals surface area contributed by atoms with Crippen molar-refractivity contribution >= 4 is 5.69 Å². The van der Waals surface area contributed by atoms with Crippen LogP contribution < -0.4 is 5.73 Å². The molecule has 1 atom stereocenters. The van der Waals surface area contributed by atoms with Gasteiger partial charge in [-0.15, -0.1) is 0 Å². The Morgan fingerprint density at radius 2 is 2.06 bits per heavy atom. The quantitative estimate of drug-likeness (QED) is 0.623. The molecule has 5 nitrogen and oxygen atoms in total. The molecule has 0 radical (unpaired) electrons. The molecule has 0 saturated heterocycles. The highest BCUT2D eigenvalue weighted by molar-refractivity contribution is 5.54. The molecule has 3 N–H and O–H groups in total. The van der Waals surface area contributed by atoms with E-state index in [4.69, 9.17) is 5.73 Å². The van der Waals surface area contributed by atoms with Crippen molar-refractivity contribution in [3.63, 3.8) is 0 Å². The monoisotopic (exact) mass is 238 g/mol. The van der Waals surface area contributed by atoms with Gasteiger partial charge in [-0.05, 0) is 30.9 Å². The van der Waals surface area contributed by atoms with Crippen molar-refractivity contribution in [2.24, 2.45) is 11.7 Å². The van der Waals surface area contributed by atoms with Crippen LogP contribution in [0, 0.1) is 23.0 Å². The predicted molar refractivity (Wildman–Crippen MR) is 65.9 cm³/mol. The van der Waals surface area contributed by atoms with Crippen LogP contribution in [0.2, 0.25) is 0 Å². The fourth-order valence-corrected chi connectivity index (χ4v) is 1.86. The van der Waals surface area contributed by atoms with Gasteiger partial charge in [-0.25, -0.2) is 0 Å². The minimum Gasteiger partial charge on any atom is -0.507 e. The van der Waals surface area contributed by atoms with E-state index >= 15 is 0 Å². The average Bonchev–Trinajstić information content (AvgIpc) is 2.20. The van der Waals surface area contributed by atoms with Crippen LogP contribution in [0.25, 0.3) is 0 Å². The van der Waals surface area contributed by atoms with Crippen LogP contribution >= 0.6 is 0 Å². The van der Waals surface area contributed by atoms with Gasteiger partial charge in [-0.1, -0.05) is 13.8 Å². The summed E-state index contributed by atoms with van der Waals surface area (Å²) < 4.78 is 0. The molecule has 1 rings (SSSR count). The smallest absolute Gasteiger partial charge is 0.277 e. The number of aryl methyl sites for hydroxylation is 1. The Morgan fingerprint density at radius 1 is 1.47 bits per heavy atom. The molecule has 1 aromatic carbocycles. The Labute approximate surface area is 100 Å². The predicted octanol–water partition coefficient (Wildman–Crippen LogP) is 2.65. The van der Waals surface area contributed by atoms with Crippen molar-refractivity contribution < 1.29 is 10.0 Å². The lowest BCUT2D eigenvalue weighted by atomic mass is 9.94. The molecule has 0 unspecified atom stereocenters. The van der Waals surface area contributed by atoms with Gasteiger partial charge in [0.2, 0.25) is 0 Å². The summed E-state index contributed by atoms with van der Waals surface area (Å²) in [5, 5.41) is 20.8. The van der Waals surface area contributed by atoms with Crippen molar-refractivity contribution in [3.05, 3.63) is 33.4 Å². The van der Waals surface area contributed by atoms with Gasteiger partial charge in [0.15, 0.2) is 0 Å². The number of hydrogen-bond donors (Lipinski definition) is 2. The number of nitro benzene ring substituents is 1. The van der Waals surface area contributed by atoms with Crippen LogP contribution in [-0.4, -0.2) is 10.0 Å². The molecule has 94 valence electrons. The first-order chi connectivity index (χ1) is 7.84. The van der Waals surface area contributed by atoms with Gasteiger partial charge >= 0.3 is 0 Å². The third-order valence-corrected chi connectivity index (χ3v) is 2.69. The number of nitro groups is 1. The molecule has 0 saturated carbocycles. The Balaban J connectivity index is 3.27. The molecule has 0 aromatic heterocycles. The zero-order chi connectivity index (χ0) is 13.2. The fourth-order valence-electron chi connectivity index (χ4n) is 1.86. The molecule has 5 heteroatoms. The molecule has 0 aliphatic rings. The molecule has 0 fully saturated rings.